The zero-order chi connectivity index (χ0) is 12.7. The molecule has 0 amide bonds. The highest BCUT2D eigenvalue weighted by Crippen LogP contribution is 2.20. The molecule has 0 fully saturated rings. The Hall–Kier alpha value is -0.640. The van der Waals surface area contributed by atoms with Crippen molar-refractivity contribution >= 4 is 11.6 Å². The van der Waals surface area contributed by atoms with Gasteiger partial charge in [0.15, 0.2) is 0 Å². The van der Waals surface area contributed by atoms with Crippen molar-refractivity contribution in [1.29, 1.82) is 0 Å². The van der Waals surface area contributed by atoms with Gasteiger partial charge in [0.1, 0.15) is 5.82 Å². The first-order valence-electron chi connectivity index (χ1n) is 5.91. The maximum absolute atomic E-state index is 13.0. The number of ether oxygens (including phenoxy) is 1. The third-order valence-electron chi connectivity index (χ3n) is 2.56. The Morgan fingerprint density at radius 2 is 2.24 bits per heavy atom. The fourth-order valence-electron chi connectivity index (χ4n) is 1.54. The molecule has 1 rings (SSSR count). The minimum absolute atomic E-state index is 0.162. The maximum Gasteiger partial charge on any atom is 0.141 e. The molecule has 96 valence electrons. The number of halogens is 2. The lowest BCUT2D eigenvalue weighted by molar-refractivity contribution is 0.144. The Balaban J connectivity index is 2.36. The van der Waals surface area contributed by atoms with Crippen LogP contribution in [0.15, 0.2) is 18.2 Å². The van der Waals surface area contributed by atoms with Crippen molar-refractivity contribution in [2.75, 3.05) is 19.8 Å². The van der Waals surface area contributed by atoms with Crippen LogP contribution in [0.4, 0.5) is 4.39 Å². The van der Waals surface area contributed by atoms with Gasteiger partial charge in [-0.3, -0.25) is 0 Å². The lowest BCUT2D eigenvalue weighted by Crippen LogP contribution is -2.21. The predicted octanol–water partition coefficient (Wildman–Crippen LogP) is 3.56. The van der Waals surface area contributed by atoms with Crippen LogP contribution in [0.3, 0.4) is 0 Å². The summed E-state index contributed by atoms with van der Waals surface area (Å²) < 4.78 is 18.2. The number of hydrogen-bond acceptors (Lipinski definition) is 2. The van der Waals surface area contributed by atoms with E-state index < -0.39 is 0 Å². The second kappa shape index (κ2) is 7.64. The molecule has 1 aromatic carbocycles. The molecule has 0 aliphatic heterocycles. The van der Waals surface area contributed by atoms with Crippen molar-refractivity contribution < 1.29 is 9.13 Å². The zero-order valence-corrected chi connectivity index (χ0v) is 11.1. The van der Waals surface area contributed by atoms with Crippen molar-refractivity contribution in [2.24, 2.45) is 0 Å². The summed E-state index contributed by atoms with van der Waals surface area (Å²) in [6.07, 6.45) is 0.965. The predicted molar refractivity (Wildman–Crippen MR) is 68.9 cm³/mol. The largest absolute Gasteiger partial charge is 0.382 e. The lowest BCUT2D eigenvalue weighted by atomic mass is 10.1. The van der Waals surface area contributed by atoms with Crippen LogP contribution in [0, 0.1) is 5.82 Å². The summed E-state index contributed by atoms with van der Waals surface area (Å²) in [4.78, 5) is 0. The van der Waals surface area contributed by atoms with Crippen LogP contribution in [-0.4, -0.2) is 19.8 Å². The number of benzene rings is 1. The molecule has 0 saturated heterocycles. The first-order chi connectivity index (χ1) is 8.15. The van der Waals surface area contributed by atoms with E-state index in [4.69, 9.17) is 16.3 Å². The van der Waals surface area contributed by atoms with Gasteiger partial charge < -0.3 is 10.1 Å². The van der Waals surface area contributed by atoms with Crippen molar-refractivity contribution in [1.82, 2.24) is 5.32 Å². The fraction of sp³-hybridized carbons (Fsp3) is 0.538. The first kappa shape index (κ1) is 14.4. The summed E-state index contributed by atoms with van der Waals surface area (Å²) >= 11 is 5.74. The molecule has 2 nitrogen and oxygen atoms in total. The van der Waals surface area contributed by atoms with Crippen LogP contribution in [0.25, 0.3) is 0 Å². The summed E-state index contributed by atoms with van der Waals surface area (Å²) in [6, 6.07) is 4.98. The molecule has 1 aromatic rings. The molecule has 1 atom stereocenters. The van der Waals surface area contributed by atoms with Crippen LogP contribution in [0.5, 0.6) is 0 Å². The van der Waals surface area contributed by atoms with E-state index in [0.29, 0.717) is 0 Å². The first-order valence-corrected chi connectivity index (χ1v) is 6.29. The van der Waals surface area contributed by atoms with E-state index in [9.17, 15) is 4.39 Å². The summed E-state index contributed by atoms with van der Waals surface area (Å²) in [5, 5.41) is 3.52. The molecule has 0 bridgehead atoms. The molecule has 4 heteroatoms. The summed E-state index contributed by atoms with van der Waals surface area (Å²) in [6.45, 7) is 6.40. The Bertz CT molecular complexity index is 346. The van der Waals surface area contributed by atoms with Crippen molar-refractivity contribution in [3.8, 4) is 0 Å². The summed E-state index contributed by atoms with van der Waals surface area (Å²) in [5.41, 5.74) is 0.993. The van der Waals surface area contributed by atoms with Gasteiger partial charge >= 0.3 is 0 Å². The molecule has 0 aliphatic carbocycles. The quantitative estimate of drug-likeness (QED) is 0.756. The van der Waals surface area contributed by atoms with Crippen LogP contribution >= 0.6 is 11.6 Å². The number of rotatable bonds is 7. The van der Waals surface area contributed by atoms with Crippen molar-refractivity contribution in [3.05, 3.63) is 34.6 Å². The maximum atomic E-state index is 13.0. The minimum Gasteiger partial charge on any atom is -0.382 e. The minimum atomic E-state index is -0.376. The van der Waals surface area contributed by atoms with Crippen LogP contribution in [0.1, 0.15) is 31.9 Å². The molecule has 17 heavy (non-hydrogen) atoms. The molecular formula is C13H19ClFNO. The zero-order valence-electron chi connectivity index (χ0n) is 10.3. The topological polar surface area (TPSA) is 21.3 Å². The van der Waals surface area contributed by atoms with Crippen LogP contribution < -0.4 is 5.32 Å². The summed E-state index contributed by atoms with van der Waals surface area (Å²) in [5.74, 6) is -0.376. The Kier molecular flexibility index (Phi) is 6.48. The third kappa shape index (κ3) is 5.02. The number of hydrogen-bond donors (Lipinski definition) is 1. The molecule has 0 spiro atoms. The van der Waals surface area contributed by atoms with E-state index in [-0.39, 0.29) is 16.9 Å². The average molecular weight is 260 g/mol. The molecule has 1 N–H and O–H groups in total. The molecule has 0 radical (unpaired) electrons. The highest BCUT2D eigenvalue weighted by molar-refractivity contribution is 6.30. The van der Waals surface area contributed by atoms with E-state index in [1.807, 2.05) is 13.8 Å². The fourth-order valence-corrected chi connectivity index (χ4v) is 1.73. The molecule has 0 aliphatic rings. The molecular weight excluding hydrogens is 241 g/mol. The standard InChI is InChI=1S/C13H19ClFNO/c1-3-17-8-4-7-16-10(2)11-5-6-13(15)12(14)9-11/h5-6,9-10,16H,3-4,7-8H2,1-2H3. The number of nitrogens with one attached hydrogen (secondary N) is 1. The highest BCUT2D eigenvalue weighted by atomic mass is 35.5. The lowest BCUT2D eigenvalue weighted by Gasteiger charge is -2.14. The van der Waals surface area contributed by atoms with Gasteiger partial charge in [-0.25, -0.2) is 4.39 Å². The van der Waals surface area contributed by atoms with Crippen LogP contribution in [0.2, 0.25) is 5.02 Å². The van der Waals surface area contributed by atoms with Gasteiger partial charge in [-0.2, -0.15) is 0 Å². The Morgan fingerprint density at radius 3 is 2.88 bits per heavy atom. The van der Waals surface area contributed by atoms with Gasteiger partial charge in [0.25, 0.3) is 0 Å². The van der Waals surface area contributed by atoms with Gasteiger partial charge in [-0.15, -0.1) is 0 Å². The molecule has 0 aromatic heterocycles. The van der Waals surface area contributed by atoms with Crippen molar-refractivity contribution in [2.45, 2.75) is 26.3 Å². The molecule has 0 saturated carbocycles. The second-order valence-electron chi connectivity index (χ2n) is 3.90. The van der Waals surface area contributed by atoms with E-state index >= 15 is 0 Å². The average Bonchev–Trinajstić information content (AvgIpc) is 2.32. The molecule has 0 heterocycles. The van der Waals surface area contributed by atoms with Gasteiger partial charge in [-0.05, 0) is 44.5 Å². The van der Waals surface area contributed by atoms with Gasteiger partial charge in [0.2, 0.25) is 0 Å². The van der Waals surface area contributed by atoms with E-state index in [1.54, 1.807) is 12.1 Å². The van der Waals surface area contributed by atoms with Crippen LogP contribution in [-0.2, 0) is 4.74 Å². The Labute approximate surface area is 107 Å². The highest BCUT2D eigenvalue weighted by Gasteiger charge is 2.07. The van der Waals surface area contributed by atoms with Gasteiger partial charge in [-0.1, -0.05) is 17.7 Å². The summed E-state index contributed by atoms with van der Waals surface area (Å²) in [7, 11) is 0. The van der Waals surface area contributed by atoms with E-state index in [1.165, 1.54) is 6.07 Å². The normalized spacial score (nSPS) is 12.7. The third-order valence-corrected chi connectivity index (χ3v) is 2.85. The van der Waals surface area contributed by atoms with E-state index in [0.717, 1.165) is 31.7 Å². The van der Waals surface area contributed by atoms with Gasteiger partial charge in [0.05, 0.1) is 5.02 Å². The van der Waals surface area contributed by atoms with Crippen molar-refractivity contribution in [3.63, 3.8) is 0 Å². The smallest absolute Gasteiger partial charge is 0.141 e. The Morgan fingerprint density at radius 1 is 1.47 bits per heavy atom. The second-order valence-corrected chi connectivity index (χ2v) is 4.31. The van der Waals surface area contributed by atoms with E-state index in [2.05, 4.69) is 5.32 Å². The monoisotopic (exact) mass is 259 g/mol. The SMILES string of the molecule is CCOCCCNC(C)c1ccc(F)c(Cl)c1. The van der Waals surface area contributed by atoms with Gasteiger partial charge in [0, 0.05) is 19.3 Å². The molecule has 1 unspecified atom stereocenters.